The number of hydrogen-bond acceptors (Lipinski definition) is 3. The van der Waals surface area contributed by atoms with Crippen LogP contribution in [-0.4, -0.2) is 61.5 Å². The van der Waals surface area contributed by atoms with Gasteiger partial charge in [-0.1, -0.05) is 0 Å². The number of rotatable bonds is 1. The minimum atomic E-state index is -0.511. The minimum Gasteiger partial charge on any atom is -0.346 e. The zero-order chi connectivity index (χ0) is 11.6. The Morgan fingerprint density at radius 3 is 2.75 bits per heavy atom. The first-order valence-corrected chi connectivity index (χ1v) is 5.95. The molecule has 5 nitrogen and oxygen atoms in total. The molecule has 0 saturated carbocycles. The van der Waals surface area contributed by atoms with Gasteiger partial charge >= 0.3 is 6.03 Å². The molecule has 0 aromatic heterocycles. The van der Waals surface area contributed by atoms with Crippen LogP contribution < -0.4 is 0 Å². The van der Waals surface area contributed by atoms with Gasteiger partial charge in [-0.15, -0.1) is 0 Å². The van der Waals surface area contributed by atoms with Crippen LogP contribution in [0.1, 0.15) is 19.8 Å². The Morgan fingerprint density at radius 1 is 1.44 bits per heavy atom. The van der Waals surface area contributed by atoms with Crippen LogP contribution in [0, 0.1) is 0 Å². The first-order valence-electron chi connectivity index (χ1n) is 5.95. The average Bonchev–Trinajstić information content (AvgIpc) is 2.75. The Labute approximate surface area is 96.3 Å². The van der Waals surface area contributed by atoms with Gasteiger partial charge in [0, 0.05) is 26.6 Å². The topological polar surface area (TPSA) is 42.0 Å². The fraction of sp³-hybridized carbons (Fsp3) is 0.909. The zero-order valence-electron chi connectivity index (χ0n) is 10.1. The molecule has 2 rings (SSSR count). The Kier molecular flexibility index (Phi) is 3.35. The first kappa shape index (κ1) is 11.7. The van der Waals surface area contributed by atoms with Crippen LogP contribution >= 0.6 is 0 Å². The summed E-state index contributed by atoms with van der Waals surface area (Å²) in [6.45, 7) is 5.36. The number of ether oxygens (including phenoxy) is 2. The van der Waals surface area contributed by atoms with Crippen molar-refractivity contribution in [3.63, 3.8) is 0 Å². The van der Waals surface area contributed by atoms with Crippen LogP contribution in [0.5, 0.6) is 0 Å². The monoisotopic (exact) mass is 228 g/mol. The standard InChI is InChI=1S/C11H20N2O3/c1-3-12(2)10(14)13-6-4-5-11(9-13)15-7-8-16-11/h3-9H2,1-2H3. The molecule has 5 heteroatoms. The van der Waals surface area contributed by atoms with Crippen molar-refractivity contribution < 1.29 is 14.3 Å². The van der Waals surface area contributed by atoms with E-state index in [0.29, 0.717) is 19.8 Å². The third-order valence-corrected chi connectivity index (χ3v) is 3.30. The zero-order valence-corrected chi connectivity index (χ0v) is 10.1. The Bertz CT molecular complexity index is 264. The van der Waals surface area contributed by atoms with Crippen LogP contribution in [0.25, 0.3) is 0 Å². The van der Waals surface area contributed by atoms with Crippen LogP contribution in [-0.2, 0) is 9.47 Å². The minimum absolute atomic E-state index is 0.0701. The second-order valence-corrected chi connectivity index (χ2v) is 4.43. The fourth-order valence-electron chi connectivity index (χ4n) is 2.26. The fourth-order valence-corrected chi connectivity index (χ4v) is 2.26. The number of nitrogens with zero attached hydrogens (tertiary/aromatic N) is 2. The van der Waals surface area contributed by atoms with E-state index in [1.54, 1.807) is 4.90 Å². The highest BCUT2D eigenvalue weighted by molar-refractivity contribution is 5.74. The van der Waals surface area contributed by atoms with Gasteiger partial charge in [0.15, 0.2) is 5.79 Å². The molecule has 92 valence electrons. The van der Waals surface area contributed by atoms with Crippen molar-refractivity contribution in [2.24, 2.45) is 0 Å². The molecule has 0 aliphatic carbocycles. The summed E-state index contributed by atoms with van der Waals surface area (Å²) in [5.74, 6) is -0.511. The highest BCUT2D eigenvalue weighted by atomic mass is 16.7. The maximum absolute atomic E-state index is 12.0. The van der Waals surface area contributed by atoms with Gasteiger partial charge in [-0.05, 0) is 13.3 Å². The molecule has 0 radical (unpaired) electrons. The number of carbonyl (C=O) groups is 1. The largest absolute Gasteiger partial charge is 0.346 e. The molecular formula is C11H20N2O3. The van der Waals surface area contributed by atoms with Crippen LogP contribution in [0.15, 0.2) is 0 Å². The van der Waals surface area contributed by atoms with E-state index in [9.17, 15) is 4.79 Å². The number of piperidine rings is 1. The van der Waals surface area contributed by atoms with Crippen molar-refractivity contribution in [1.29, 1.82) is 0 Å². The molecule has 2 amide bonds. The summed E-state index contributed by atoms with van der Waals surface area (Å²) in [6, 6.07) is 0.0701. The Hall–Kier alpha value is -0.810. The van der Waals surface area contributed by atoms with Crippen molar-refractivity contribution in [2.75, 3.05) is 39.9 Å². The lowest BCUT2D eigenvalue weighted by Gasteiger charge is -2.39. The van der Waals surface area contributed by atoms with Gasteiger partial charge in [0.1, 0.15) is 0 Å². The molecule has 0 bridgehead atoms. The maximum atomic E-state index is 12.0. The van der Waals surface area contributed by atoms with E-state index in [1.165, 1.54) is 0 Å². The van der Waals surface area contributed by atoms with Crippen molar-refractivity contribution >= 4 is 6.03 Å². The molecule has 2 fully saturated rings. The van der Waals surface area contributed by atoms with Gasteiger partial charge in [0.25, 0.3) is 0 Å². The van der Waals surface area contributed by atoms with Gasteiger partial charge < -0.3 is 19.3 Å². The van der Waals surface area contributed by atoms with Crippen LogP contribution in [0.4, 0.5) is 4.79 Å². The van der Waals surface area contributed by atoms with E-state index >= 15 is 0 Å². The SMILES string of the molecule is CCN(C)C(=O)N1CCCC2(C1)OCCO2. The highest BCUT2D eigenvalue weighted by Crippen LogP contribution is 2.30. The summed E-state index contributed by atoms with van der Waals surface area (Å²) in [6.07, 6.45) is 1.84. The summed E-state index contributed by atoms with van der Waals surface area (Å²) in [5, 5.41) is 0. The van der Waals surface area contributed by atoms with E-state index < -0.39 is 5.79 Å². The normalized spacial score (nSPS) is 23.8. The van der Waals surface area contributed by atoms with Crippen LogP contribution in [0.3, 0.4) is 0 Å². The van der Waals surface area contributed by atoms with E-state index in [-0.39, 0.29) is 6.03 Å². The van der Waals surface area contributed by atoms with E-state index in [0.717, 1.165) is 25.9 Å². The molecular weight excluding hydrogens is 208 g/mol. The predicted molar refractivity (Wildman–Crippen MR) is 59.1 cm³/mol. The summed E-state index contributed by atoms with van der Waals surface area (Å²) in [4.78, 5) is 15.6. The molecule has 16 heavy (non-hydrogen) atoms. The molecule has 2 saturated heterocycles. The Balaban J connectivity index is 1.98. The molecule has 0 N–H and O–H groups in total. The molecule has 0 aromatic rings. The first-order chi connectivity index (χ1) is 7.67. The molecule has 2 aliphatic rings. The molecule has 0 unspecified atom stereocenters. The number of urea groups is 1. The quantitative estimate of drug-likeness (QED) is 0.669. The highest BCUT2D eigenvalue weighted by Gasteiger charge is 2.42. The summed E-state index contributed by atoms with van der Waals surface area (Å²) in [7, 11) is 1.82. The van der Waals surface area contributed by atoms with Gasteiger partial charge in [-0.3, -0.25) is 0 Å². The smallest absolute Gasteiger partial charge is 0.319 e. The lowest BCUT2D eigenvalue weighted by atomic mass is 10.1. The average molecular weight is 228 g/mol. The number of hydrogen-bond donors (Lipinski definition) is 0. The second kappa shape index (κ2) is 4.59. The molecule has 1 spiro atoms. The van der Waals surface area contributed by atoms with Crippen molar-refractivity contribution in [2.45, 2.75) is 25.6 Å². The molecule has 2 aliphatic heterocycles. The van der Waals surface area contributed by atoms with E-state index in [2.05, 4.69) is 0 Å². The van der Waals surface area contributed by atoms with E-state index in [4.69, 9.17) is 9.47 Å². The number of amides is 2. The summed E-state index contributed by atoms with van der Waals surface area (Å²) < 4.78 is 11.3. The van der Waals surface area contributed by atoms with Gasteiger partial charge in [-0.2, -0.15) is 0 Å². The maximum Gasteiger partial charge on any atom is 0.319 e. The molecule has 0 atom stereocenters. The predicted octanol–water partition coefficient (Wildman–Crippen LogP) is 0.897. The molecule has 0 aromatic carbocycles. The van der Waals surface area contributed by atoms with Gasteiger partial charge in [0.05, 0.1) is 19.8 Å². The summed E-state index contributed by atoms with van der Waals surface area (Å²) >= 11 is 0. The van der Waals surface area contributed by atoms with Gasteiger partial charge in [0.2, 0.25) is 0 Å². The molecule has 2 heterocycles. The third-order valence-electron chi connectivity index (χ3n) is 3.30. The van der Waals surface area contributed by atoms with Crippen LogP contribution in [0.2, 0.25) is 0 Å². The lowest BCUT2D eigenvalue weighted by Crippen LogP contribution is -2.53. The number of likely N-dealkylation sites (tertiary alicyclic amines) is 1. The second-order valence-electron chi connectivity index (χ2n) is 4.43. The summed E-state index contributed by atoms with van der Waals surface area (Å²) in [5.41, 5.74) is 0. The van der Waals surface area contributed by atoms with E-state index in [1.807, 2.05) is 18.9 Å². The number of carbonyl (C=O) groups excluding carboxylic acids is 1. The third kappa shape index (κ3) is 2.15. The van der Waals surface area contributed by atoms with Crippen molar-refractivity contribution in [3.8, 4) is 0 Å². The van der Waals surface area contributed by atoms with Crippen molar-refractivity contribution in [3.05, 3.63) is 0 Å². The Morgan fingerprint density at radius 2 is 2.12 bits per heavy atom. The van der Waals surface area contributed by atoms with Crippen molar-refractivity contribution in [1.82, 2.24) is 9.80 Å². The van der Waals surface area contributed by atoms with Gasteiger partial charge in [-0.25, -0.2) is 4.79 Å². The lowest BCUT2D eigenvalue weighted by molar-refractivity contribution is -0.183.